The van der Waals surface area contributed by atoms with Crippen LogP contribution in [0.1, 0.15) is 11.7 Å². The number of aryl methyl sites for hydroxylation is 1. The third-order valence-corrected chi connectivity index (χ3v) is 2.06. The topological polar surface area (TPSA) is 86.0 Å². The number of hydrogen-bond acceptors (Lipinski definition) is 7. The van der Waals surface area contributed by atoms with Gasteiger partial charge in [0.2, 0.25) is 11.8 Å². The van der Waals surface area contributed by atoms with Gasteiger partial charge in [0.15, 0.2) is 11.6 Å². The summed E-state index contributed by atoms with van der Waals surface area (Å²) in [6.45, 7) is 2.42. The van der Waals surface area contributed by atoms with Gasteiger partial charge in [0.05, 0.1) is 19.5 Å². The van der Waals surface area contributed by atoms with Gasteiger partial charge in [0, 0.05) is 13.0 Å². The zero-order valence-electron chi connectivity index (χ0n) is 9.67. The van der Waals surface area contributed by atoms with E-state index in [4.69, 9.17) is 9.26 Å². The molecule has 0 bridgehead atoms. The van der Waals surface area contributed by atoms with Gasteiger partial charge in [-0.2, -0.15) is 4.98 Å². The number of nitrogens with one attached hydrogen (secondary N) is 1. The zero-order chi connectivity index (χ0) is 12.1. The molecular formula is C10H13N5O2. The lowest BCUT2D eigenvalue weighted by Crippen LogP contribution is -2.08. The fraction of sp³-hybridized carbons (Fsp3) is 0.400. The minimum Gasteiger partial charge on any atom is -0.494 e. The molecule has 0 radical (unpaired) electrons. The van der Waals surface area contributed by atoms with E-state index >= 15 is 0 Å². The second kappa shape index (κ2) is 5.24. The van der Waals surface area contributed by atoms with Gasteiger partial charge < -0.3 is 14.6 Å². The summed E-state index contributed by atoms with van der Waals surface area (Å²) in [4.78, 5) is 12.2. The third kappa shape index (κ3) is 3.13. The van der Waals surface area contributed by atoms with Crippen LogP contribution < -0.4 is 10.1 Å². The molecule has 0 amide bonds. The van der Waals surface area contributed by atoms with Crippen molar-refractivity contribution in [3.05, 3.63) is 24.1 Å². The van der Waals surface area contributed by atoms with Crippen LogP contribution in [-0.2, 0) is 6.42 Å². The second-order valence-corrected chi connectivity index (χ2v) is 3.36. The van der Waals surface area contributed by atoms with Gasteiger partial charge in [-0.25, -0.2) is 9.97 Å². The Hall–Kier alpha value is -2.18. The highest BCUT2D eigenvalue weighted by Gasteiger charge is 2.02. The van der Waals surface area contributed by atoms with Crippen molar-refractivity contribution >= 4 is 5.95 Å². The quantitative estimate of drug-likeness (QED) is 0.821. The average molecular weight is 235 g/mol. The minimum absolute atomic E-state index is 0.544. The fourth-order valence-corrected chi connectivity index (χ4v) is 1.24. The maximum Gasteiger partial charge on any atom is 0.228 e. The van der Waals surface area contributed by atoms with E-state index in [-0.39, 0.29) is 0 Å². The Balaban J connectivity index is 1.81. The smallest absolute Gasteiger partial charge is 0.228 e. The molecule has 2 heterocycles. The summed E-state index contributed by atoms with van der Waals surface area (Å²) >= 11 is 0. The summed E-state index contributed by atoms with van der Waals surface area (Å²) in [7, 11) is 1.57. The molecule has 7 nitrogen and oxygen atoms in total. The van der Waals surface area contributed by atoms with Crippen molar-refractivity contribution in [2.45, 2.75) is 13.3 Å². The van der Waals surface area contributed by atoms with E-state index in [0.29, 0.717) is 36.4 Å². The number of nitrogens with zero attached hydrogens (tertiary/aromatic N) is 4. The molecule has 0 aliphatic heterocycles. The Labute approximate surface area is 98.2 Å². The first-order valence-corrected chi connectivity index (χ1v) is 5.17. The van der Waals surface area contributed by atoms with Gasteiger partial charge in [0.1, 0.15) is 0 Å². The van der Waals surface area contributed by atoms with Crippen LogP contribution in [-0.4, -0.2) is 33.8 Å². The average Bonchev–Trinajstić information content (AvgIpc) is 2.76. The summed E-state index contributed by atoms with van der Waals surface area (Å²) in [6, 6.07) is 0. The van der Waals surface area contributed by atoms with Crippen LogP contribution in [0.4, 0.5) is 5.95 Å². The van der Waals surface area contributed by atoms with Crippen molar-refractivity contribution < 1.29 is 9.26 Å². The van der Waals surface area contributed by atoms with Crippen molar-refractivity contribution in [2.24, 2.45) is 0 Å². The monoisotopic (exact) mass is 235 g/mol. The molecule has 0 saturated heterocycles. The lowest BCUT2D eigenvalue weighted by molar-refractivity contribution is 0.377. The number of hydrogen-bond donors (Lipinski definition) is 1. The first-order chi connectivity index (χ1) is 8.28. The van der Waals surface area contributed by atoms with Gasteiger partial charge in [0.25, 0.3) is 0 Å². The molecule has 1 N–H and O–H groups in total. The van der Waals surface area contributed by atoms with E-state index in [1.165, 1.54) is 0 Å². The standard InChI is InChI=1S/C10H13N5O2/c1-7-14-9(17-15-7)3-4-11-10-12-5-8(16-2)6-13-10/h5-6H,3-4H2,1-2H3,(H,11,12,13). The molecule has 7 heteroatoms. The summed E-state index contributed by atoms with van der Waals surface area (Å²) in [5.41, 5.74) is 0. The normalized spacial score (nSPS) is 10.2. The zero-order valence-corrected chi connectivity index (χ0v) is 9.67. The van der Waals surface area contributed by atoms with Gasteiger partial charge in [-0.15, -0.1) is 0 Å². The second-order valence-electron chi connectivity index (χ2n) is 3.36. The third-order valence-electron chi connectivity index (χ3n) is 2.06. The first-order valence-electron chi connectivity index (χ1n) is 5.17. The van der Waals surface area contributed by atoms with Crippen molar-refractivity contribution in [1.82, 2.24) is 20.1 Å². The SMILES string of the molecule is COc1cnc(NCCc2nc(C)no2)nc1. The molecule has 0 unspecified atom stereocenters. The first kappa shape index (κ1) is 11.3. The van der Waals surface area contributed by atoms with E-state index in [1.54, 1.807) is 26.4 Å². The number of rotatable bonds is 5. The van der Waals surface area contributed by atoms with Gasteiger partial charge in [-0.05, 0) is 6.92 Å². The predicted octanol–water partition coefficient (Wildman–Crippen LogP) is 0.831. The lowest BCUT2D eigenvalue weighted by Gasteiger charge is -2.03. The number of anilines is 1. The molecule has 0 fully saturated rings. The van der Waals surface area contributed by atoms with Crippen LogP contribution in [0.25, 0.3) is 0 Å². The van der Waals surface area contributed by atoms with Crippen molar-refractivity contribution in [2.75, 3.05) is 19.0 Å². The Morgan fingerprint density at radius 3 is 2.71 bits per heavy atom. The van der Waals surface area contributed by atoms with Crippen LogP contribution in [0.15, 0.2) is 16.9 Å². The van der Waals surface area contributed by atoms with E-state index in [0.717, 1.165) is 0 Å². The molecule has 17 heavy (non-hydrogen) atoms. The number of methoxy groups -OCH3 is 1. The summed E-state index contributed by atoms with van der Waals surface area (Å²) in [6.07, 6.45) is 3.84. The maximum atomic E-state index is 4.98. The highest BCUT2D eigenvalue weighted by Crippen LogP contribution is 2.07. The van der Waals surface area contributed by atoms with Crippen LogP contribution in [0, 0.1) is 6.92 Å². The molecule has 0 saturated carbocycles. The maximum absolute atomic E-state index is 4.98. The Kier molecular flexibility index (Phi) is 3.49. The molecule has 0 spiro atoms. The van der Waals surface area contributed by atoms with Crippen LogP contribution in [0.3, 0.4) is 0 Å². The Bertz CT molecular complexity index is 468. The van der Waals surface area contributed by atoms with Gasteiger partial charge in [-0.3, -0.25) is 0 Å². The molecule has 2 aromatic heterocycles. The molecule has 90 valence electrons. The predicted molar refractivity (Wildman–Crippen MR) is 59.8 cm³/mol. The lowest BCUT2D eigenvalue weighted by atomic mass is 10.4. The molecule has 2 aromatic rings. The van der Waals surface area contributed by atoms with Crippen molar-refractivity contribution in [3.63, 3.8) is 0 Å². The highest BCUT2D eigenvalue weighted by molar-refractivity contribution is 5.26. The largest absolute Gasteiger partial charge is 0.494 e. The molecule has 2 rings (SSSR count). The fourth-order valence-electron chi connectivity index (χ4n) is 1.24. The van der Waals surface area contributed by atoms with E-state index < -0.39 is 0 Å². The summed E-state index contributed by atoms with van der Waals surface area (Å²) in [5.74, 6) is 2.41. The summed E-state index contributed by atoms with van der Waals surface area (Å²) < 4.78 is 9.94. The van der Waals surface area contributed by atoms with Crippen molar-refractivity contribution in [3.8, 4) is 5.75 Å². The molecular weight excluding hydrogens is 222 g/mol. The van der Waals surface area contributed by atoms with E-state index in [2.05, 4.69) is 25.4 Å². The molecule has 0 atom stereocenters. The molecule has 0 aromatic carbocycles. The van der Waals surface area contributed by atoms with Gasteiger partial charge in [-0.1, -0.05) is 5.16 Å². The molecule has 0 aliphatic carbocycles. The Morgan fingerprint density at radius 1 is 1.35 bits per heavy atom. The van der Waals surface area contributed by atoms with Crippen LogP contribution >= 0.6 is 0 Å². The highest BCUT2D eigenvalue weighted by atomic mass is 16.5. The van der Waals surface area contributed by atoms with E-state index in [1.807, 2.05) is 0 Å². The number of ether oxygens (including phenoxy) is 1. The summed E-state index contributed by atoms with van der Waals surface area (Å²) in [5, 5.41) is 6.75. The van der Waals surface area contributed by atoms with Gasteiger partial charge >= 0.3 is 0 Å². The van der Waals surface area contributed by atoms with E-state index in [9.17, 15) is 0 Å². The number of aromatic nitrogens is 4. The molecule has 0 aliphatic rings. The van der Waals surface area contributed by atoms with Crippen LogP contribution in [0.2, 0.25) is 0 Å². The minimum atomic E-state index is 0.544. The van der Waals surface area contributed by atoms with Crippen molar-refractivity contribution in [1.29, 1.82) is 0 Å². The van der Waals surface area contributed by atoms with Crippen LogP contribution in [0.5, 0.6) is 5.75 Å². The Morgan fingerprint density at radius 2 is 2.12 bits per heavy atom.